The Balaban J connectivity index is 2.25. The Kier molecular flexibility index (Phi) is 2.90. The third-order valence-electron chi connectivity index (χ3n) is 2.59. The van der Waals surface area contributed by atoms with Gasteiger partial charge in [0.15, 0.2) is 5.82 Å². The minimum atomic E-state index is -0.465. The molecular formula is C13H5ClFN3S. The summed E-state index contributed by atoms with van der Waals surface area (Å²) in [6, 6.07) is 7.02. The number of nitrogens with zero attached hydrogens (tertiary/aromatic N) is 3. The Morgan fingerprint density at radius 2 is 2.16 bits per heavy atom. The molecule has 0 radical (unpaired) electrons. The van der Waals surface area contributed by atoms with E-state index in [0.29, 0.717) is 25.9 Å². The molecule has 19 heavy (non-hydrogen) atoms. The molecule has 1 aromatic carbocycles. The number of nitriles is 1. The summed E-state index contributed by atoms with van der Waals surface area (Å²) in [5, 5.41) is 10.2. The zero-order valence-electron chi connectivity index (χ0n) is 9.39. The number of benzene rings is 1. The first kappa shape index (κ1) is 12.0. The highest BCUT2D eigenvalue weighted by Gasteiger charge is 2.13. The lowest BCUT2D eigenvalue weighted by Gasteiger charge is -1.99. The summed E-state index contributed by atoms with van der Waals surface area (Å²) >= 11 is 7.14. The molecule has 0 amide bonds. The van der Waals surface area contributed by atoms with Crippen LogP contribution in [0.4, 0.5) is 4.39 Å². The van der Waals surface area contributed by atoms with Crippen molar-refractivity contribution in [2.45, 2.75) is 0 Å². The fourth-order valence-corrected chi connectivity index (χ4v) is 2.89. The van der Waals surface area contributed by atoms with Gasteiger partial charge in [0.2, 0.25) is 0 Å². The molecule has 3 rings (SSSR count). The molecule has 0 saturated heterocycles. The Morgan fingerprint density at radius 3 is 2.89 bits per heavy atom. The minimum Gasteiger partial charge on any atom is -0.260 e. The molecule has 0 aliphatic rings. The molecule has 2 aromatic heterocycles. The molecular weight excluding hydrogens is 285 g/mol. The molecule has 0 fully saturated rings. The fraction of sp³-hybridized carbons (Fsp3) is 0. The van der Waals surface area contributed by atoms with Crippen LogP contribution in [0.1, 0.15) is 5.56 Å². The highest BCUT2D eigenvalue weighted by molar-refractivity contribution is 7.21. The van der Waals surface area contributed by atoms with Gasteiger partial charge in [0, 0.05) is 16.8 Å². The maximum atomic E-state index is 13.6. The van der Waals surface area contributed by atoms with Gasteiger partial charge in [0.1, 0.15) is 10.5 Å². The van der Waals surface area contributed by atoms with Gasteiger partial charge in [-0.25, -0.2) is 9.37 Å². The van der Waals surface area contributed by atoms with Crippen LogP contribution in [0.3, 0.4) is 0 Å². The number of thiazole rings is 1. The summed E-state index contributed by atoms with van der Waals surface area (Å²) < 4.78 is 14.2. The van der Waals surface area contributed by atoms with Crippen LogP contribution in [0, 0.1) is 17.1 Å². The molecule has 0 aliphatic carbocycles. The van der Waals surface area contributed by atoms with Crippen molar-refractivity contribution in [3.63, 3.8) is 0 Å². The van der Waals surface area contributed by atoms with Crippen LogP contribution in [0.25, 0.3) is 20.8 Å². The van der Waals surface area contributed by atoms with Gasteiger partial charge in [-0.05, 0) is 18.2 Å². The van der Waals surface area contributed by atoms with Crippen LogP contribution in [0.2, 0.25) is 5.02 Å². The number of aromatic nitrogens is 2. The lowest BCUT2D eigenvalue weighted by Crippen LogP contribution is -1.84. The standard InChI is InChI=1S/C13H5ClFN3S/c14-8-1-2-9(7(3-8)4-16)13-18-12-10(15)5-17-6-11(12)19-13/h1-3,5-6H. The van der Waals surface area contributed by atoms with Crippen LogP contribution in [0.15, 0.2) is 30.6 Å². The number of halogens is 2. The normalized spacial score (nSPS) is 10.6. The lowest BCUT2D eigenvalue weighted by atomic mass is 10.1. The van der Waals surface area contributed by atoms with Gasteiger partial charge in [-0.2, -0.15) is 5.26 Å². The summed E-state index contributed by atoms with van der Waals surface area (Å²) in [5.74, 6) is -0.465. The quantitative estimate of drug-likeness (QED) is 0.680. The van der Waals surface area contributed by atoms with E-state index in [1.54, 1.807) is 24.4 Å². The smallest absolute Gasteiger partial charge is 0.168 e. The van der Waals surface area contributed by atoms with Crippen molar-refractivity contribution < 1.29 is 4.39 Å². The zero-order valence-corrected chi connectivity index (χ0v) is 11.0. The molecule has 0 N–H and O–H groups in total. The highest BCUT2D eigenvalue weighted by atomic mass is 35.5. The van der Waals surface area contributed by atoms with Gasteiger partial charge in [0.05, 0.1) is 22.5 Å². The van der Waals surface area contributed by atoms with E-state index in [0.717, 1.165) is 6.20 Å². The van der Waals surface area contributed by atoms with Gasteiger partial charge >= 0.3 is 0 Å². The van der Waals surface area contributed by atoms with Crippen molar-refractivity contribution >= 4 is 33.2 Å². The van der Waals surface area contributed by atoms with Crippen molar-refractivity contribution in [1.82, 2.24) is 9.97 Å². The van der Waals surface area contributed by atoms with Gasteiger partial charge in [-0.1, -0.05) is 11.6 Å². The van der Waals surface area contributed by atoms with Crippen molar-refractivity contribution in [3.8, 4) is 16.6 Å². The Hall–Kier alpha value is -2.03. The topological polar surface area (TPSA) is 49.6 Å². The van der Waals surface area contributed by atoms with Crippen molar-refractivity contribution in [2.75, 3.05) is 0 Å². The number of pyridine rings is 1. The second kappa shape index (κ2) is 4.57. The molecule has 6 heteroatoms. The molecule has 3 nitrogen and oxygen atoms in total. The third kappa shape index (κ3) is 2.05. The van der Waals surface area contributed by atoms with Crippen molar-refractivity contribution in [3.05, 3.63) is 47.0 Å². The third-order valence-corrected chi connectivity index (χ3v) is 3.85. The first-order chi connectivity index (χ1) is 9.19. The van der Waals surface area contributed by atoms with Crippen LogP contribution in [-0.2, 0) is 0 Å². The zero-order chi connectivity index (χ0) is 13.4. The Labute approximate surface area is 116 Å². The predicted molar refractivity (Wildman–Crippen MR) is 72.5 cm³/mol. The Bertz CT molecular complexity index is 822. The molecule has 92 valence electrons. The van der Waals surface area contributed by atoms with Crippen molar-refractivity contribution in [2.24, 2.45) is 0 Å². The van der Waals surface area contributed by atoms with Gasteiger partial charge in [-0.3, -0.25) is 4.98 Å². The Morgan fingerprint density at radius 1 is 1.32 bits per heavy atom. The number of hydrogen-bond acceptors (Lipinski definition) is 4. The maximum absolute atomic E-state index is 13.6. The minimum absolute atomic E-state index is 0.272. The first-order valence-corrected chi connectivity index (χ1v) is 6.48. The monoisotopic (exact) mass is 289 g/mol. The van der Waals surface area contributed by atoms with E-state index < -0.39 is 5.82 Å². The van der Waals surface area contributed by atoms with E-state index in [-0.39, 0.29) is 5.52 Å². The van der Waals surface area contributed by atoms with Gasteiger partial charge in [-0.15, -0.1) is 11.3 Å². The second-order valence-electron chi connectivity index (χ2n) is 3.79. The van der Waals surface area contributed by atoms with Gasteiger partial charge < -0.3 is 0 Å². The average molecular weight is 290 g/mol. The van der Waals surface area contributed by atoms with Crippen LogP contribution in [-0.4, -0.2) is 9.97 Å². The van der Waals surface area contributed by atoms with E-state index in [4.69, 9.17) is 16.9 Å². The molecule has 0 atom stereocenters. The molecule has 0 bridgehead atoms. The predicted octanol–water partition coefficient (Wildman–Crippen LogP) is 4.02. The SMILES string of the molecule is N#Cc1cc(Cl)ccc1-c1nc2c(F)cncc2s1. The van der Waals surface area contributed by atoms with Crippen LogP contribution >= 0.6 is 22.9 Å². The van der Waals surface area contributed by atoms with E-state index >= 15 is 0 Å². The largest absolute Gasteiger partial charge is 0.260 e. The highest BCUT2D eigenvalue weighted by Crippen LogP contribution is 2.33. The summed E-state index contributed by atoms with van der Waals surface area (Å²) in [7, 11) is 0. The summed E-state index contributed by atoms with van der Waals surface area (Å²) in [6.07, 6.45) is 2.68. The summed E-state index contributed by atoms with van der Waals surface area (Å²) in [4.78, 5) is 8.02. The molecule has 0 unspecified atom stereocenters. The molecule has 0 spiro atoms. The van der Waals surface area contributed by atoms with Crippen LogP contribution in [0.5, 0.6) is 0 Å². The summed E-state index contributed by atoms with van der Waals surface area (Å²) in [6.45, 7) is 0. The molecule has 0 aliphatic heterocycles. The van der Waals surface area contributed by atoms with E-state index in [2.05, 4.69) is 16.0 Å². The van der Waals surface area contributed by atoms with Crippen molar-refractivity contribution in [1.29, 1.82) is 5.26 Å². The molecule has 3 aromatic rings. The van der Waals surface area contributed by atoms with E-state index in [1.165, 1.54) is 11.3 Å². The maximum Gasteiger partial charge on any atom is 0.168 e. The van der Waals surface area contributed by atoms with Crippen LogP contribution < -0.4 is 0 Å². The fourth-order valence-electron chi connectivity index (χ4n) is 1.73. The van der Waals surface area contributed by atoms with Gasteiger partial charge in [0.25, 0.3) is 0 Å². The van der Waals surface area contributed by atoms with E-state index in [9.17, 15) is 4.39 Å². The average Bonchev–Trinajstić information content (AvgIpc) is 2.83. The van der Waals surface area contributed by atoms with E-state index in [1.807, 2.05) is 0 Å². The molecule has 2 heterocycles. The number of fused-ring (bicyclic) bond motifs is 1. The number of hydrogen-bond donors (Lipinski definition) is 0. The molecule has 0 saturated carbocycles. The first-order valence-electron chi connectivity index (χ1n) is 5.29. The summed E-state index contributed by atoms with van der Waals surface area (Å²) in [5.41, 5.74) is 1.33. The lowest BCUT2D eigenvalue weighted by molar-refractivity contribution is 0.631. The second-order valence-corrected chi connectivity index (χ2v) is 5.26. The number of rotatable bonds is 1.